The Bertz CT molecular complexity index is 2180. The third-order valence-corrected chi connectivity index (χ3v) is 8.90. The van der Waals surface area contributed by atoms with E-state index in [1.165, 1.54) is 53.7 Å². The average Bonchev–Trinajstić information content (AvgIpc) is 3.24. The summed E-state index contributed by atoms with van der Waals surface area (Å²) >= 11 is 1.84. The van der Waals surface area contributed by atoms with Crippen molar-refractivity contribution in [2.24, 2.45) is 10.8 Å². The molecule has 0 aliphatic rings. The van der Waals surface area contributed by atoms with Crippen molar-refractivity contribution in [2.45, 2.75) is 41.5 Å². The number of rotatable bonds is 2. The number of aliphatic hydroxyl groups excluding tert-OH is 1. The second kappa shape index (κ2) is 11.9. The number of benzene rings is 4. The molecule has 0 aliphatic heterocycles. The molecule has 7 aromatic rings. The van der Waals surface area contributed by atoms with Crippen LogP contribution in [0.2, 0.25) is 0 Å². The molecule has 0 saturated heterocycles. The van der Waals surface area contributed by atoms with Gasteiger partial charge in [0.25, 0.3) is 0 Å². The number of nitrogens with zero attached hydrogens (tertiary/aromatic N) is 2. The fourth-order valence-electron chi connectivity index (χ4n) is 5.23. The summed E-state index contributed by atoms with van der Waals surface area (Å²) in [7, 11) is 0. The minimum Gasteiger partial charge on any atom is -0.512 e. The number of carbonyl (C=O) groups is 1. The van der Waals surface area contributed by atoms with Crippen LogP contribution in [0.4, 0.5) is 0 Å². The molecule has 1 N–H and O–H groups in total. The van der Waals surface area contributed by atoms with Crippen molar-refractivity contribution in [1.29, 1.82) is 0 Å². The molecule has 6 heteroatoms. The molecule has 44 heavy (non-hydrogen) atoms. The summed E-state index contributed by atoms with van der Waals surface area (Å²) in [5.74, 6) is 0.104. The van der Waals surface area contributed by atoms with Gasteiger partial charge >= 0.3 is 0 Å². The Morgan fingerprint density at radius 2 is 1.52 bits per heavy atom. The molecule has 0 spiro atoms. The fourth-order valence-corrected chi connectivity index (χ4v) is 6.46. The molecule has 7 rings (SSSR count). The van der Waals surface area contributed by atoms with Crippen LogP contribution in [0.3, 0.4) is 0 Å². The van der Waals surface area contributed by atoms with Gasteiger partial charge in [-0.05, 0) is 45.9 Å². The van der Waals surface area contributed by atoms with Crippen LogP contribution in [-0.2, 0) is 24.9 Å². The number of hydrogen-bond donors (Lipinski definition) is 1. The Labute approximate surface area is 275 Å². The summed E-state index contributed by atoms with van der Waals surface area (Å²) in [4.78, 5) is 16.4. The first-order valence-corrected chi connectivity index (χ1v) is 15.3. The van der Waals surface area contributed by atoms with Crippen molar-refractivity contribution in [1.82, 2.24) is 9.55 Å². The fraction of sp³-hybridized carbons (Fsp3) is 0.211. The van der Waals surface area contributed by atoms with Crippen molar-refractivity contribution < 1.29 is 30.0 Å². The van der Waals surface area contributed by atoms with Crippen LogP contribution >= 0.6 is 11.3 Å². The van der Waals surface area contributed by atoms with Crippen molar-refractivity contribution in [3.8, 4) is 5.69 Å². The van der Waals surface area contributed by atoms with E-state index in [-0.39, 0.29) is 37.1 Å². The predicted octanol–water partition coefficient (Wildman–Crippen LogP) is 10.6. The van der Waals surface area contributed by atoms with Gasteiger partial charge in [0.2, 0.25) is 0 Å². The van der Waals surface area contributed by atoms with Gasteiger partial charge in [-0.2, -0.15) is 11.3 Å². The Morgan fingerprint density at radius 1 is 0.841 bits per heavy atom. The SMILES string of the molecule is CC(C)(C)C(=O)/C=C(\O)C(C)(C)C.[Ir].[c-]1cc2ccccc2c2sc3cccc4c3c3c(nccc3n4-c3ccccc3)c12. The van der Waals surface area contributed by atoms with Gasteiger partial charge in [-0.3, -0.25) is 4.79 Å². The molecule has 0 saturated carbocycles. The third kappa shape index (κ3) is 5.70. The molecule has 0 bridgehead atoms. The standard InChI is InChI=1S/C27H15N2S.C11H20O2.Ir/c1-2-8-18(9-3-1)29-21-11-6-12-23-24(21)25-22(29)15-16-28-26(25)20-14-13-17-7-4-5-10-19(17)27(20)30-23;1-10(2,3)8(12)7-9(13)11(4,5)6;/h1-13,15-16H;7,12H,1-6H3;/q-1;;/b;8-7-;. The van der Waals surface area contributed by atoms with E-state index in [1.807, 2.05) is 59.1 Å². The number of ketones is 1. The molecule has 4 nitrogen and oxygen atoms in total. The van der Waals surface area contributed by atoms with Crippen molar-refractivity contribution in [2.75, 3.05) is 0 Å². The number of pyridine rings is 1. The zero-order chi connectivity index (χ0) is 30.5. The molecule has 0 fully saturated rings. The molecule has 225 valence electrons. The summed E-state index contributed by atoms with van der Waals surface area (Å²) in [6.07, 6.45) is 3.26. The molecule has 0 atom stereocenters. The van der Waals surface area contributed by atoms with Crippen LogP contribution in [0.15, 0.2) is 103 Å². The maximum absolute atomic E-state index is 11.5. The maximum atomic E-state index is 11.5. The zero-order valence-corrected chi connectivity index (χ0v) is 28.9. The van der Waals surface area contributed by atoms with Crippen molar-refractivity contribution >= 4 is 70.0 Å². The first-order valence-electron chi connectivity index (χ1n) is 14.5. The van der Waals surface area contributed by atoms with Crippen LogP contribution in [0.1, 0.15) is 41.5 Å². The largest absolute Gasteiger partial charge is 0.512 e. The number of allylic oxidation sites excluding steroid dienone is 2. The summed E-state index contributed by atoms with van der Waals surface area (Å²) in [5.41, 5.74) is 3.82. The topological polar surface area (TPSA) is 55.1 Å². The normalized spacial score (nSPS) is 12.5. The van der Waals surface area contributed by atoms with Crippen molar-refractivity contribution in [3.63, 3.8) is 0 Å². The molecular formula is C38H35IrN2O2S-. The molecule has 1 radical (unpaired) electrons. The van der Waals surface area contributed by atoms with Crippen LogP contribution in [0, 0.1) is 16.9 Å². The minimum atomic E-state index is -0.417. The Morgan fingerprint density at radius 3 is 2.23 bits per heavy atom. The molecule has 0 aliphatic carbocycles. The molecular weight excluding hydrogens is 741 g/mol. The summed E-state index contributed by atoms with van der Waals surface area (Å²) in [5, 5.41) is 15.6. The smallest absolute Gasteiger partial charge is 0.164 e. The molecule has 3 aromatic heterocycles. The minimum absolute atomic E-state index is 0. The number of fused-ring (bicyclic) bond motifs is 4. The van der Waals surface area contributed by atoms with Crippen LogP contribution < -0.4 is 0 Å². The monoisotopic (exact) mass is 776 g/mol. The zero-order valence-electron chi connectivity index (χ0n) is 25.7. The number of hydrogen-bond acceptors (Lipinski definition) is 4. The molecule has 3 heterocycles. The van der Waals surface area contributed by atoms with Gasteiger partial charge in [0, 0.05) is 64.5 Å². The first kappa shape index (κ1) is 31.6. The van der Waals surface area contributed by atoms with Crippen LogP contribution in [-0.4, -0.2) is 20.4 Å². The van der Waals surface area contributed by atoms with Gasteiger partial charge in [0.05, 0.1) is 5.52 Å². The van der Waals surface area contributed by atoms with E-state index < -0.39 is 5.41 Å². The summed E-state index contributed by atoms with van der Waals surface area (Å²) < 4.78 is 4.86. The van der Waals surface area contributed by atoms with Gasteiger partial charge < -0.3 is 14.7 Å². The van der Waals surface area contributed by atoms with E-state index in [0.717, 1.165) is 10.9 Å². The maximum Gasteiger partial charge on any atom is 0.164 e. The quantitative estimate of drug-likeness (QED) is 0.108. The number of aromatic nitrogens is 2. The third-order valence-electron chi connectivity index (χ3n) is 7.71. The predicted molar refractivity (Wildman–Crippen MR) is 182 cm³/mol. The van der Waals surface area contributed by atoms with Crippen LogP contribution in [0.5, 0.6) is 0 Å². The number of para-hydroxylation sites is 1. The molecule has 0 unspecified atom stereocenters. The van der Waals surface area contributed by atoms with E-state index in [4.69, 9.17) is 4.98 Å². The summed E-state index contributed by atoms with van der Waals surface area (Å²) in [6, 6.07) is 33.5. The second-order valence-corrected chi connectivity index (χ2v) is 14.0. The van der Waals surface area contributed by atoms with Crippen LogP contribution in [0.25, 0.3) is 58.6 Å². The Balaban J connectivity index is 0.000000237. The van der Waals surface area contributed by atoms with Gasteiger partial charge in [-0.1, -0.05) is 101 Å². The van der Waals surface area contributed by atoms with E-state index in [1.54, 1.807) is 0 Å². The molecule has 4 aromatic carbocycles. The average molecular weight is 776 g/mol. The second-order valence-electron chi connectivity index (χ2n) is 13.0. The van der Waals surface area contributed by atoms with E-state index in [9.17, 15) is 9.90 Å². The van der Waals surface area contributed by atoms with Gasteiger partial charge in [-0.25, -0.2) is 0 Å². The molecule has 0 amide bonds. The number of aliphatic hydroxyl groups is 1. The Hall–Kier alpha value is -3.83. The summed E-state index contributed by atoms with van der Waals surface area (Å²) in [6.45, 7) is 11.1. The van der Waals surface area contributed by atoms with E-state index >= 15 is 0 Å². The van der Waals surface area contributed by atoms with Gasteiger partial charge in [-0.15, -0.1) is 17.5 Å². The van der Waals surface area contributed by atoms with E-state index in [2.05, 4.69) is 95.6 Å². The number of carbonyl (C=O) groups excluding carboxylic acids is 1. The van der Waals surface area contributed by atoms with Crippen molar-refractivity contribution in [3.05, 3.63) is 109 Å². The Kier molecular flexibility index (Phi) is 8.56. The van der Waals surface area contributed by atoms with E-state index in [0.29, 0.717) is 0 Å². The first-order chi connectivity index (χ1) is 20.4. The van der Waals surface area contributed by atoms with Gasteiger partial charge in [0.15, 0.2) is 5.78 Å². The van der Waals surface area contributed by atoms with Gasteiger partial charge in [0.1, 0.15) is 5.76 Å².